The molecule has 1 spiro atoms. The molecule has 1 saturated heterocycles. The number of anilines is 1. The van der Waals surface area contributed by atoms with Crippen LogP contribution in [0.15, 0.2) is 46.9 Å². The molecule has 0 radical (unpaired) electrons. The lowest BCUT2D eigenvalue weighted by atomic mass is 9.74. The van der Waals surface area contributed by atoms with E-state index in [1.165, 1.54) is 5.56 Å². The van der Waals surface area contributed by atoms with Gasteiger partial charge in [-0.1, -0.05) is 59.6 Å². The van der Waals surface area contributed by atoms with Crippen LogP contribution in [0.5, 0.6) is 0 Å². The van der Waals surface area contributed by atoms with E-state index in [1.807, 2.05) is 39.8 Å². The van der Waals surface area contributed by atoms with Gasteiger partial charge in [0, 0.05) is 35.2 Å². The van der Waals surface area contributed by atoms with Gasteiger partial charge in [0.1, 0.15) is 17.1 Å². The second-order valence-corrected chi connectivity index (χ2v) is 13.6. The maximum atomic E-state index is 13.1. The van der Waals surface area contributed by atoms with E-state index in [4.69, 9.17) is 32.6 Å². The molecule has 1 fully saturated rings. The molecule has 6 nitrogen and oxygen atoms in total. The zero-order valence-electron chi connectivity index (χ0n) is 21.9. The molecule has 196 valence electrons. The van der Waals surface area contributed by atoms with Gasteiger partial charge in [0.05, 0.1) is 26.2 Å². The van der Waals surface area contributed by atoms with Crippen LogP contribution < -0.4 is 4.90 Å². The van der Waals surface area contributed by atoms with Crippen molar-refractivity contribution < 1.29 is 4.21 Å². The molecule has 1 aliphatic heterocycles. The summed E-state index contributed by atoms with van der Waals surface area (Å²) in [5.41, 5.74) is 5.34. The van der Waals surface area contributed by atoms with Gasteiger partial charge in [-0.2, -0.15) is 9.66 Å². The van der Waals surface area contributed by atoms with Crippen LogP contribution in [-0.4, -0.2) is 37.7 Å². The molecule has 9 heteroatoms. The van der Waals surface area contributed by atoms with Crippen molar-refractivity contribution in [2.75, 3.05) is 18.0 Å². The zero-order valence-corrected chi connectivity index (χ0v) is 24.2. The number of nitriles is 1. The van der Waals surface area contributed by atoms with Crippen LogP contribution in [0.3, 0.4) is 0 Å². The normalized spacial score (nSPS) is 18.4. The smallest absolute Gasteiger partial charge is 0.226 e. The summed E-state index contributed by atoms with van der Waals surface area (Å²) in [5, 5.41) is 10.8. The third-order valence-electron chi connectivity index (χ3n) is 7.41. The second-order valence-electron chi connectivity index (χ2n) is 10.9. The molecule has 3 aromatic rings. The number of hydrogen-bond acceptors (Lipinski definition) is 5. The Morgan fingerprint density at radius 2 is 1.74 bits per heavy atom. The molecule has 2 aliphatic rings. The average molecular weight is 567 g/mol. The van der Waals surface area contributed by atoms with Gasteiger partial charge in [-0.25, -0.2) is 14.2 Å². The van der Waals surface area contributed by atoms with E-state index in [2.05, 4.69) is 34.2 Å². The molecule has 0 amide bonds. The molecule has 0 bridgehead atoms. The van der Waals surface area contributed by atoms with Crippen LogP contribution in [-0.2, 0) is 17.4 Å². The number of hydrogen-bond donors (Lipinski definition) is 0. The first-order valence-electron chi connectivity index (χ1n) is 12.6. The van der Waals surface area contributed by atoms with Gasteiger partial charge in [-0.3, -0.25) is 0 Å². The number of piperidine rings is 1. The van der Waals surface area contributed by atoms with Crippen molar-refractivity contribution in [3.05, 3.63) is 75.0 Å². The summed E-state index contributed by atoms with van der Waals surface area (Å²) < 4.78 is 17.5. The monoisotopic (exact) mass is 565 g/mol. The van der Waals surface area contributed by atoms with E-state index < -0.39 is 15.7 Å². The van der Waals surface area contributed by atoms with Crippen molar-refractivity contribution >= 4 is 45.8 Å². The molecule has 0 saturated carbocycles. The van der Waals surface area contributed by atoms with Crippen molar-refractivity contribution in [2.24, 2.45) is 9.81 Å². The predicted molar refractivity (Wildman–Crippen MR) is 155 cm³/mol. The van der Waals surface area contributed by atoms with Gasteiger partial charge < -0.3 is 4.90 Å². The maximum absolute atomic E-state index is 13.1. The van der Waals surface area contributed by atoms with Crippen molar-refractivity contribution in [1.82, 2.24) is 9.97 Å². The fraction of sp³-hybridized carbons (Fsp3) is 0.379. The van der Waals surface area contributed by atoms with E-state index in [0.717, 1.165) is 30.5 Å². The molecule has 38 heavy (non-hydrogen) atoms. The minimum absolute atomic E-state index is 0.178. The first kappa shape index (κ1) is 26.8. The zero-order chi connectivity index (χ0) is 27.2. The van der Waals surface area contributed by atoms with Crippen molar-refractivity contribution in [3.8, 4) is 17.2 Å². The molecule has 2 heterocycles. The summed E-state index contributed by atoms with van der Waals surface area (Å²) in [6, 6.07) is 15.9. The fourth-order valence-corrected chi connectivity index (χ4v) is 6.48. The topological polar surface area (TPSA) is 82.2 Å². The standard InChI is InChI=1S/C29H29Cl2N5OS/c1-18-24(21-10-7-11-22(30)25(21)31)23(17-32)34-27(33-18)36-14-12-29(13-15-36)16-19-8-5-6-9-20(19)26(29)35-38(37)28(2,3)4/h5-11H,12-16H2,1-4H3. The Morgan fingerprint density at radius 1 is 1.05 bits per heavy atom. The van der Waals surface area contributed by atoms with Gasteiger partial charge in [-0.05, 0) is 58.6 Å². The van der Waals surface area contributed by atoms with Gasteiger partial charge in [0.15, 0.2) is 5.69 Å². The third kappa shape index (κ3) is 4.75. The van der Waals surface area contributed by atoms with Crippen LogP contribution in [0.25, 0.3) is 11.1 Å². The summed E-state index contributed by atoms with van der Waals surface area (Å²) in [7, 11) is -1.35. The minimum Gasteiger partial charge on any atom is -0.341 e. The Hall–Kier alpha value is -2.79. The van der Waals surface area contributed by atoms with Crippen LogP contribution in [0.2, 0.25) is 10.0 Å². The number of aryl methyl sites for hydroxylation is 1. The number of halogens is 2. The van der Waals surface area contributed by atoms with Crippen LogP contribution in [0, 0.1) is 23.7 Å². The molecule has 0 N–H and O–H groups in total. The summed E-state index contributed by atoms with van der Waals surface area (Å²) in [6.07, 6.45) is 2.54. The number of fused-ring (bicyclic) bond motifs is 1. The number of aromatic nitrogens is 2. The van der Waals surface area contributed by atoms with E-state index >= 15 is 0 Å². The summed E-state index contributed by atoms with van der Waals surface area (Å²) in [5.74, 6) is 0.531. The average Bonchev–Trinajstić information content (AvgIpc) is 3.17. The summed E-state index contributed by atoms with van der Waals surface area (Å²) in [6.45, 7) is 9.14. The van der Waals surface area contributed by atoms with E-state index in [-0.39, 0.29) is 11.1 Å². The first-order valence-corrected chi connectivity index (χ1v) is 14.5. The number of benzene rings is 2. The SMILES string of the molecule is Cc1nc(N2CCC3(CC2)Cc2ccccc2C3=NS(=O)C(C)(C)C)nc(C#N)c1-c1cccc(Cl)c1Cl. The predicted octanol–water partition coefficient (Wildman–Crippen LogP) is 6.72. The van der Waals surface area contributed by atoms with E-state index in [1.54, 1.807) is 12.1 Å². The highest BCUT2D eigenvalue weighted by atomic mass is 35.5. The van der Waals surface area contributed by atoms with Crippen molar-refractivity contribution in [1.29, 1.82) is 5.26 Å². The lowest BCUT2D eigenvalue weighted by Gasteiger charge is -2.40. The first-order chi connectivity index (χ1) is 18.0. The van der Waals surface area contributed by atoms with E-state index in [9.17, 15) is 9.47 Å². The van der Waals surface area contributed by atoms with Crippen molar-refractivity contribution in [3.63, 3.8) is 0 Å². The van der Waals surface area contributed by atoms with E-state index in [0.29, 0.717) is 45.9 Å². The minimum atomic E-state index is -1.35. The summed E-state index contributed by atoms with van der Waals surface area (Å²) >= 11 is 12.7. The lowest BCUT2D eigenvalue weighted by molar-refractivity contribution is 0.329. The maximum Gasteiger partial charge on any atom is 0.226 e. The molecule has 1 atom stereocenters. The highest BCUT2D eigenvalue weighted by Gasteiger charge is 2.46. The molecule has 5 rings (SSSR count). The fourth-order valence-electron chi connectivity index (χ4n) is 5.35. The molecular weight excluding hydrogens is 537 g/mol. The van der Waals surface area contributed by atoms with Crippen molar-refractivity contribution in [2.45, 2.75) is 51.7 Å². The van der Waals surface area contributed by atoms with Crippen LogP contribution in [0.1, 0.15) is 56.1 Å². The lowest BCUT2D eigenvalue weighted by Crippen LogP contribution is -2.44. The molecular formula is C29H29Cl2N5OS. The molecule has 2 aromatic carbocycles. The van der Waals surface area contributed by atoms with Gasteiger partial charge >= 0.3 is 0 Å². The molecule has 1 aromatic heterocycles. The van der Waals surface area contributed by atoms with Gasteiger partial charge in [0.25, 0.3) is 0 Å². The Kier molecular flexibility index (Phi) is 7.10. The van der Waals surface area contributed by atoms with Gasteiger partial charge in [0.2, 0.25) is 5.95 Å². The Bertz CT molecular complexity index is 1510. The Balaban J connectivity index is 1.46. The largest absolute Gasteiger partial charge is 0.341 e. The highest BCUT2D eigenvalue weighted by molar-refractivity contribution is 7.85. The molecule has 1 unspecified atom stereocenters. The Labute approximate surface area is 236 Å². The third-order valence-corrected chi connectivity index (χ3v) is 9.63. The number of nitrogens with zero attached hydrogens (tertiary/aromatic N) is 5. The second kappa shape index (κ2) is 10.1. The Morgan fingerprint density at radius 3 is 2.42 bits per heavy atom. The quantitative estimate of drug-likeness (QED) is 0.351. The van der Waals surface area contributed by atoms with Gasteiger partial charge in [-0.15, -0.1) is 0 Å². The molecule has 1 aliphatic carbocycles. The number of rotatable bonds is 3. The van der Waals surface area contributed by atoms with Crippen LogP contribution in [0.4, 0.5) is 5.95 Å². The van der Waals surface area contributed by atoms with Crippen LogP contribution >= 0.6 is 23.2 Å². The summed E-state index contributed by atoms with van der Waals surface area (Å²) in [4.78, 5) is 11.6. The highest BCUT2D eigenvalue weighted by Crippen LogP contribution is 2.46.